The first-order valence-electron chi connectivity index (χ1n) is 6.65. The maximum Gasteiger partial charge on any atom is 0.425 e. The van der Waals surface area contributed by atoms with Crippen LogP contribution in [0, 0.1) is 10.1 Å². The molecule has 132 valence electrons. The summed E-state index contributed by atoms with van der Waals surface area (Å²) >= 11 is 0. The van der Waals surface area contributed by atoms with Crippen molar-refractivity contribution < 1.29 is 32.5 Å². The molecule has 1 aromatic heterocycles. The number of halogens is 3. The van der Waals surface area contributed by atoms with Crippen LogP contribution in [-0.2, 0) is 9.63 Å². The molecule has 0 unspecified atom stereocenters. The van der Waals surface area contributed by atoms with E-state index in [9.17, 15) is 28.1 Å². The summed E-state index contributed by atoms with van der Waals surface area (Å²) in [6.07, 6.45) is -2.49. The molecule has 0 aliphatic carbocycles. The van der Waals surface area contributed by atoms with Crippen LogP contribution in [0.25, 0.3) is 10.9 Å². The number of hydrogen-bond donors (Lipinski definition) is 0. The van der Waals surface area contributed by atoms with Gasteiger partial charge in [0.15, 0.2) is 5.75 Å². The minimum absolute atomic E-state index is 0.0100. The van der Waals surface area contributed by atoms with Crippen LogP contribution in [0.5, 0.6) is 5.75 Å². The number of oxime groups is 1. The van der Waals surface area contributed by atoms with Crippen LogP contribution in [-0.4, -0.2) is 34.9 Å². The Bertz CT molecular complexity index is 851. The number of nitro groups is 1. The zero-order valence-electron chi connectivity index (χ0n) is 12.6. The smallest absolute Gasteiger partial charge is 0.424 e. The first-order valence-corrected chi connectivity index (χ1v) is 6.65. The fraction of sp³-hybridized carbons (Fsp3) is 0.214. The van der Waals surface area contributed by atoms with Gasteiger partial charge in [0.2, 0.25) is 6.61 Å². The molecule has 0 saturated heterocycles. The molecule has 0 saturated carbocycles. The van der Waals surface area contributed by atoms with E-state index in [1.54, 1.807) is 0 Å². The molecule has 0 bridgehead atoms. The predicted octanol–water partition coefficient (Wildman–Crippen LogP) is 2.98. The second-order valence-corrected chi connectivity index (χ2v) is 4.69. The van der Waals surface area contributed by atoms with E-state index in [1.165, 1.54) is 18.3 Å². The van der Waals surface area contributed by atoms with Crippen LogP contribution >= 0.6 is 0 Å². The Hall–Kier alpha value is -3.24. The average molecular weight is 357 g/mol. The van der Waals surface area contributed by atoms with Crippen molar-refractivity contribution in [1.29, 1.82) is 0 Å². The number of aromatic nitrogens is 1. The molecule has 0 spiro atoms. The van der Waals surface area contributed by atoms with Crippen molar-refractivity contribution in [1.82, 2.24) is 4.98 Å². The average Bonchev–Trinajstić information content (AvgIpc) is 2.51. The topological polar surface area (TPSA) is 104 Å². The summed E-state index contributed by atoms with van der Waals surface area (Å²) in [5.74, 6) is -0.917. The van der Waals surface area contributed by atoms with E-state index in [4.69, 9.17) is 4.74 Å². The van der Waals surface area contributed by atoms with Gasteiger partial charge < -0.3 is 9.57 Å². The molecule has 8 nitrogen and oxygen atoms in total. The molecular formula is C14H10F3N3O5. The first kappa shape index (κ1) is 18.1. The number of pyridine rings is 1. The lowest BCUT2D eigenvalue weighted by Crippen LogP contribution is -2.15. The van der Waals surface area contributed by atoms with Gasteiger partial charge in [-0.3, -0.25) is 19.9 Å². The van der Waals surface area contributed by atoms with Crippen molar-refractivity contribution >= 4 is 28.8 Å². The number of benzene rings is 1. The lowest BCUT2D eigenvalue weighted by atomic mass is 10.1. The van der Waals surface area contributed by atoms with E-state index in [0.29, 0.717) is 0 Å². The van der Waals surface area contributed by atoms with E-state index in [0.717, 1.165) is 19.2 Å². The third kappa shape index (κ3) is 4.62. The van der Waals surface area contributed by atoms with Gasteiger partial charge >= 0.3 is 12.1 Å². The molecule has 2 rings (SSSR count). The molecule has 1 aromatic carbocycles. The first-order chi connectivity index (χ1) is 11.7. The van der Waals surface area contributed by atoms with Crippen LogP contribution in [0.1, 0.15) is 12.5 Å². The molecule has 25 heavy (non-hydrogen) atoms. The Morgan fingerprint density at radius 2 is 2.20 bits per heavy atom. The molecule has 0 aliphatic rings. The number of non-ortho nitro benzene ring substituents is 1. The second kappa shape index (κ2) is 7.11. The van der Waals surface area contributed by atoms with Crippen LogP contribution in [0.3, 0.4) is 0 Å². The maximum absolute atomic E-state index is 12.0. The van der Waals surface area contributed by atoms with Gasteiger partial charge in [-0.15, -0.1) is 0 Å². The summed E-state index contributed by atoms with van der Waals surface area (Å²) in [5, 5.41) is 14.4. The third-order valence-electron chi connectivity index (χ3n) is 2.79. The SMILES string of the molecule is CC(=O)Oc1c(/C=N/OCC(F)(F)F)cc([N+](=O)[O-])c2cccnc12. The monoisotopic (exact) mass is 357 g/mol. The number of nitrogens with zero attached hydrogens (tertiary/aromatic N) is 3. The normalized spacial score (nSPS) is 11.7. The van der Waals surface area contributed by atoms with Gasteiger partial charge in [-0.1, -0.05) is 5.16 Å². The van der Waals surface area contributed by atoms with Gasteiger partial charge in [-0.2, -0.15) is 13.2 Å². The lowest BCUT2D eigenvalue weighted by molar-refractivity contribution is -0.383. The predicted molar refractivity (Wildman–Crippen MR) is 79.3 cm³/mol. The maximum atomic E-state index is 12.0. The van der Waals surface area contributed by atoms with Crippen molar-refractivity contribution in [3.63, 3.8) is 0 Å². The van der Waals surface area contributed by atoms with E-state index < -0.39 is 23.7 Å². The van der Waals surface area contributed by atoms with Crippen LogP contribution in [0.4, 0.5) is 18.9 Å². The van der Waals surface area contributed by atoms with Gasteiger partial charge in [0.05, 0.1) is 16.5 Å². The Balaban J connectivity index is 2.54. The van der Waals surface area contributed by atoms with Crippen molar-refractivity contribution in [3.8, 4) is 5.75 Å². The molecule has 0 radical (unpaired) electrons. The summed E-state index contributed by atoms with van der Waals surface area (Å²) in [6.45, 7) is -0.544. The number of alkyl halides is 3. The molecule has 1 heterocycles. The van der Waals surface area contributed by atoms with E-state index in [2.05, 4.69) is 15.0 Å². The van der Waals surface area contributed by atoms with E-state index in [1.807, 2.05) is 0 Å². The Kier molecular flexibility index (Phi) is 5.15. The van der Waals surface area contributed by atoms with Gasteiger partial charge in [0.1, 0.15) is 5.52 Å². The highest BCUT2D eigenvalue weighted by Gasteiger charge is 2.28. The molecule has 0 fully saturated rings. The number of fused-ring (bicyclic) bond motifs is 1. The molecule has 0 amide bonds. The highest BCUT2D eigenvalue weighted by Crippen LogP contribution is 2.34. The zero-order chi connectivity index (χ0) is 18.6. The number of rotatable bonds is 5. The Morgan fingerprint density at radius 1 is 1.48 bits per heavy atom. The van der Waals surface area contributed by atoms with E-state index in [-0.39, 0.29) is 27.9 Å². The molecular weight excluding hydrogens is 347 g/mol. The van der Waals surface area contributed by atoms with Crippen LogP contribution < -0.4 is 4.74 Å². The van der Waals surface area contributed by atoms with Crippen molar-refractivity contribution in [3.05, 3.63) is 40.1 Å². The third-order valence-corrected chi connectivity index (χ3v) is 2.79. The molecule has 2 aromatic rings. The summed E-state index contributed by atoms with van der Waals surface area (Å²) in [6, 6.07) is 3.85. The number of nitro benzene ring substituents is 1. The number of esters is 1. The van der Waals surface area contributed by atoms with Crippen LogP contribution in [0.2, 0.25) is 0 Å². The summed E-state index contributed by atoms with van der Waals surface area (Å²) in [4.78, 5) is 29.8. The lowest BCUT2D eigenvalue weighted by Gasteiger charge is -2.09. The number of hydrogen-bond acceptors (Lipinski definition) is 7. The highest BCUT2D eigenvalue weighted by molar-refractivity contribution is 6.01. The van der Waals surface area contributed by atoms with Gasteiger partial charge in [0, 0.05) is 24.8 Å². The van der Waals surface area contributed by atoms with Crippen LogP contribution in [0.15, 0.2) is 29.6 Å². The van der Waals surface area contributed by atoms with Gasteiger partial charge in [-0.05, 0) is 12.1 Å². The van der Waals surface area contributed by atoms with Crippen molar-refractivity contribution in [2.45, 2.75) is 13.1 Å². The fourth-order valence-electron chi connectivity index (χ4n) is 1.92. The minimum Gasteiger partial charge on any atom is -0.424 e. The zero-order valence-corrected chi connectivity index (χ0v) is 12.6. The van der Waals surface area contributed by atoms with Crippen molar-refractivity contribution in [2.24, 2.45) is 5.16 Å². The van der Waals surface area contributed by atoms with Gasteiger partial charge in [-0.25, -0.2) is 0 Å². The fourth-order valence-corrected chi connectivity index (χ4v) is 1.92. The quantitative estimate of drug-likeness (QED) is 0.268. The minimum atomic E-state index is -4.59. The highest BCUT2D eigenvalue weighted by atomic mass is 19.4. The Labute approximate surface area is 138 Å². The number of carbonyl (C=O) groups is 1. The molecule has 0 aliphatic heterocycles. The molecule has 0 atom stereocenters. The summed E-state index contributed by atoms with van der Waals surface area (Å²) in [7, 11) is 0. The van der Waals surface area contributed by atoms with Gasteiger partial charge in [0.25, 0.3) is 5.69 Å². The largest absolute Gasteiger partial charge is 0.425 e. The molecule has 0 N–H and O–H groups in total. The summed E-state index contributed by atoms with van der Waals surface area (Å²) < 4.78 is 41.1. The standard InChI is InChI=1S/C14H10F3N3O5/c1-8(21)25-13-9(6-19-24-7-14(15,16)17)5-11(20(22)23)10-3-2-4-18-12(10)13/h2-6H,7H2,1H3/b19-6+. The summed E-state index contributed by atoms with van der Waals surface area (Å²) in [5.41, 5.74) is -0.518. The number of carbonyl (C=O) groups excluding carboxylic acids is 1. The van der Waals surface area contributed by atoms with Crippen molar-refractivity contribution in [2.75, 3.05) is 6.61 Å². The second-order valence-electron chi connectivity index (χ2n) is 4.69. The van der Waals surface area contributed by atoms with E-state index >= 15 is 0 Å². The number of ether oxygens (including phenoxy) is 1. The Morgan fingerprint density at radius 3 is 2.80 bits per heavy atom. The molecule has 11 heteroatoms.